The van der Waals surface area contributed by atoms with Crippen molar-refractivity contribution in [2.75, 3.05) is 0 Å². The van der Waals surface area contributed by atoms with E-state index in [4.69, 9.17) is 0 Å². The van der Waals surface area contributed by atoms with E-state index in [0.717, 1.165) is 5.56 Å². The minimum absolute atomic E-state index is 1.05. The third-order valence-electron chi connectivity index (χ3n) is 4.85. The maximum absolute atomic E-state index is 3.27. The predicted molar refractivity (Wildman–Crippen MR) is 109 cm³/mol. The molecule has 0 nitrogen and oxygen atoms in total. The molecule has 113 valence electrons. The Morgan fingerprint density at radius 1 is 0.520 bits per heavy atom. The standard InChI is InChI=1S/C24H13Si/c25-9-8-16-6-3-7-19-12-22-13-20-10-17-4-1-2-5-18(17)11-21(20)14-23(22)15-24(16)19/h1-7,10-15H. The van der Waals surface area contributed by atoms with Crippen LogP contribution in [0.25, 0.3) is 43.1 Å². The van der Waals surface area contributed by atoms with Gasteiger partial charge < -0.3 is 0 Å². The fraction of sp³-hybridized carbons (Fsp3) is 0. The second kappa shape index (κ2) is 5.48. The van der Waals surface area contributed by atoms with E-state index in [1.165, 1.54) is 43.1 Å². The molecule has 0 bridgehead atoms. The Bertz CT molecular complexity index is 1350. The lowest BCUT2D eigenvalue weighted by atomic mass is 9.96. The highest BCUT2D eigenvalue weighted by Gasteiger charge is 2.05. The molecule has 5 aromatic rings. The third-order valence-corrected chi connectivity index (χ3v) is 4.98. The van der Waals surface area contributed by atoms with Gasteiger partial charge in [-0.1, -0.05) is 42.3 Å². The lowest BCUT2D eigenvalue weighted by Crippen LogP contribution is -1.83. The summed E-state index contributed by atoms with van der Waals surface area (Å²) in [5.74, 6) is 3.14. The zero-order valence-corrected chi connectivity index (χ0v) is 14.5. The van der Waals surface area contributed by atoms with E-state index in [1.54, 1.807) is 0 Å². The zero-order chi connectivity index (χ0) is 16.8. The van der Waals surface area contributed by atoms with Gasteiger partial charge in [0.15, 0.2) is 0 Å². The summed E-state index contributed by atoms with van der Waals surface area (Å²) in [5.41, 5.74) is 3.88. The summed E-state index contributed by atoms with van der Waals surface area (Å²) in [4.78, 5) is 0. The average Bonchev–Trinajstić information content (AvgIpc) is 2.64. The van der Waals surface area contributed by atoms with Crippen LogP contribution >= 0.6 is 0 Å². The summed E-state index contributed by atoms with van der Waals surface area (Å²) in [5, 5.41) is 10.0. The largest absolute Gasteiger partial charge is 0.147 e. The van der Waals surface area contributed by atoms with Crippen molar-refractivity contribution in [1.82, 2.24) is 0 Å². The Morgan fingerprint density at radius 3 is 1.68 bits per heavy atom. The van der Waals surface area contributed by atoms with E-state index in [-0.39, 0.29) is 0 Å². The van der Waals surface area contributed by atoms with Gasteiger partial charge in [0, 0.05) is 5.56 Å². The molecule has 5 aromatic carbocycles. The predicted octanol–water partition coefficient (Wildman–Crippen LogP) is 5.78. The zero-order valence-electron chi connectivity index (χ0n) is 13.5. The first-order valence-electron chi connectivity index (χ1n) is 8.29. The van der Waals surface area contributed by atoms with Gasteiger partial charge in [-0.15, -0.1) is 5.54 Å². The van der Waals surface area contributed by atoms with Crippen LogP contribution in [0.1, 0.15) is 5.56 Å². The van der Waals surface area contributed by atoms with Crippen LogP contribution in [-0.2, 0) is 0 Å². The van der Waals surface area contributed by atoms with Gasteiger partial charge in [-0.25, -0.2) is 0 Å². The SMILES string of the molecule is [Si]C#Cc1cccc2cc3cc4cc5ccccc5cc4cc3cc12. The lowest BCUT2D eigenvalue weighted by molar-refractivity contribution is 1.73. The van der Waals surface area contributed by atoms with E-state index in [1.807, 2.05) is 0 Å². The van der Waals surface area contributed by atoms with E-state index in [2.05, 4.69) is 101 Å². The molecule has 0 aliphatic carbocycles. The van der Waals surface area contributed by atoms with Crippen molar-refractivity contribution in [3.63, 3.8) is 0 Å². The molecule has 5 rings (SSSR count). The lowest BCUT2D eigenvalue weighted by Gasteiger charge is -2.08. The minimum Gasteiger partial charge on any atom is -0.133 e. The fourth-order valence-electron chi connectivity index (χ4n) is 3.65. The van der Waals surface area contributed by atoms with Crippen LogP contribution < -0.4 is 0 Å². The minimum atomic E-state index is 1.05. The summed E-state index contributed by atoms with van der Waals surface area (Å²) in [6, 6.07) is 28.5. The van der Waals surface area contributed by atoms with Gasteiger partial charge in [-0.2, -0.15) is 0 Å². The molecule has 0 heterocycles. The van der Waals surface area contributed by atoms with Crippen LogP contribution in [-0.4, -0.2) is 10.2 Å². The fourth-order valence-corrected chi connectivity index (χ4v) is 3.78. The summed E-state index contributed by atoms with van der Waals surface area (Å²) in [7, 11) is 3.27. The van der Waals surface area contributed by atoms with Crippen LogP contribution in [0, 0.1) is 11.5 Å². The van der Waals surface area contributed by atoms with Gasteiger partial charge in [0.25, 0.3) is 0 Å². The van der Waals surface area contributed by atoms with Gasteiger partial charge >= 0.3 is 0 Å². The Hall–Kier alpha value is -3.08. The van der Waals surface area contributed by atoms with Crippen LogP contribution in [0.5, 0.6) is 0 Å². The molecule has 3 radical (unpaired) electrons. The Balaban J connectivity index is 1.89. The number of hydrogen-bond acceptors (Lipinski definition) is 0. The first kappa shape index (κ1) is 14.3. The second-order valence-corrected chi connectivity index (χ2v) is 6.62. The van der Waals surface area contributed by atoms with Crippen LogP contribution in [0.3, 0.4) is 0 Å². The van der Waals surface area contributed by atoms with E-state index >= 15 is 0 Å². The maximum Gasteiger partial charge on any atom is 0.147 e. The Morgan fingerprint density at radius 2 is 1.04 bits per heavy atom. The first-order chi connectivity index (χ1) is 12.3. The van der Waals surface area contributed by atoms with Crippen LogP contribution in [0.2, 0.25) is 0 Å². The Labute approximate surface area is 149 Å². The van der Waals surface area contributed by atoms with Gasteiger partial charge in [-0.05, 0) is 85.6 Å². The first-order valence-corrected chi connectivity index (χ1v) is 8.79. The highest BCUT2D eigenvalue weighted by molar-refractivity contribution is 6.22. The summed E-state index contributed by atoms with van der Waals surface area (Å²) >= 11 is 0. The highest BCUT2D eigenvalue weighted by Crippen LogP contribution is 2.31. The van der Waals surface area contributed by atoms with Crippen molar-refractivity contribution in [3.05, 3.63) is 84.4 Å². The Kier molecular flexibility index (Phi) is 3.13. The molecule has 0 atom stereocenters. The van der Waals surface area contributed by atoms with Crippen molar-refractivity contribution in [3.8, 4) is 11.5 Å². The molecule has 0 spiro atoms. The van der Waals surface area contributed by atoms with Gasteiger partial charge in [0.2, 0.25) is 0 Å². The highest BCUT2D eigenvalue weighted by atomic mass is 28.1. The van der Waals surface area contributed by atoms with Crippen LogP contribution in [0.15, 0.2) is 78.9 Å². The molecule has 0 unspecified atom stereocenters. The second-order valence-electron chi connectivity index (χ2n) is 6.37. The van der Waals surface area contributed by atoms with Crippen LogP contribution in [0.4, 0.5) is 0 Å². The maximum atomic E-state index is 3.27. The average molecular weight is 329 g/mol. The van der Waals surface area contributed by atoms with Crippen molar-refractivity contribution in [1.29, 1.82) is 0 Å². The van der Waals surface area contributed by atoms with Gasteiger partial charge in [0.05, 0.1) is 0 Å². The summed E-state index contributed by atoms with van der Waals surface area (Å²) in [6.07, 6.45) is 0. The van der Waals surface area contributed by atoms with E-state index in [0.29, 0.717) is 0 Å². The molecule has 0 saturated carbocycles. The van der Waals surface area contributed by atoms with Gasteiger partial charge in [-0.3, -0.25) is 0 Å². The summed E-state index contributed by atoms with van der Waals surface area (Å²) < 4.78 is 0. The van der Waals surface area contributed by atoms with Crippen molar-refractivity contribution >= 4 is 53.3 Å². The molecule has 0 aliphatic rings. The number of rotatable bonds is 0. The topological polar surface area (TPSA) is 0 Å². The molecule has 0 amide bonds. The van der Waals surface area contributed by atoms with Gasteiger partial charge in [0.1, 0.15) is 10.2 Å². The molecule has 25 heavy (non-hydrogen) atoms. The van der Waals surface area contributed by atoms with E-state index in [9.17, 15) is 0 Å². The quantitative estimate of drug-likeness (QED) is 0.192. The van der Waals surface area contributed by atoms with Crippen molar-refractivity contribution in [2.45, 2.75) is 0 Å². The van der Waals surface area contributed by atoms with Crippen molar-refractivity contribution in [2.24, 2.45) is 0 Å². The molecule has 1 heteroatoms. The number of benzene rings is 5. The molecular weight excluding hydrogens is 316 g/mol. The molecule has 0 N–H and O–H groups in total. The van der Waals surface area contributed by atoms with Crippen molar-refractivity contribution < 1.29 is 0 Å². The molecular formula is C24H13Si. The number of hydrogen-bond donors (Lipinski definition) is 0. The molecule has 0 saturated heterocycles. The molecule has 0 aliphatic heterocycles. The smallest absolute Gasteiger partial charge is 0.133 e. The third kappa shape index (κ3) is 2.31. The normalized spacial score (nSPS) is 11.1. The monoisotopic (exact) mass is 329 g/mol. The summed E-state index contributed by atoms with van der Waals surface area (Å²) in [6.45, 7) is 0. The number of fused-ring (bicyclic) bond motifs is 4. The molecule has 0 fully saturated rings. The molecule has 0 aromatic heterocycles. The van der Waals surface area contributed by atoms with E-state index < -0.39 is 0 Å².